The van der Waals surface area contributed by atoms with E-state index in [9.17, 15) is 9.90 Å². The Hall–Kier alpha value is -1.90. The van der Waals surface area contributed by atoms with Gasteiger partial charge in [-0.2, -0.15) is 5.26 Å². The van der Waals surface area contributed by atoms with Gasteiger partial charge in [-0.1, -0.05) is 12.1 Å². The topological polar surface area (TPSA) is 93.4 Å². The summed E-state index contributed by atoms with van der Waals surface area (Å²) in [6, 6.07) is 9.43. The lowest BCUT2D eigenvalue weighted by Gasteiger charge is -2.34. The van der Waals surface area contributed by atoms with Crippen molar-refractivity contribution >= 4 is 5.97 Å². The van der Waals surface area contributed by atoms with Crippen LogP contribution in [0.25, 0.3) is 0 Å². The molecule has 1 aliphatic carbocycles. The number of benzene rings is 1. The molecular weight excluding hydrogens is 268 g/mol. The van der Waals surface area contributed by atoms with Gasteiger partial charge in [0, 0.05) is 13.1 Å². The summed E-state index contributed by atoms with van der Waals surface area (Å²) in [5.74, 6) is -1.09. The Morgan fingerprint density at radius 1 is 1.43 bits per heavy atom. The third kappa shape index (κ3) is 4.28. The van der Waals surface area contributed by atoms with Crippen molar-refractivity contribution in [3.63, 3.8) is 0 Å². The van der Waals surface area contributed by atoms with E-state index in [0.717, 1.165) is 5.56 Å². The first-order valence-electron chi connectivity index (χ1n) is 7.17. The van der Waals surface area contributed by atoms with Crippen molar-refractivity contribution in [2.24, 2.45) is 5.92 Å². The molecule has 0 spiro atoms. The lowest BCUT2D eigenvalue weighted by Crippen LogP contribution is -2.44. The van der Waals surface area contributed by atoms with E-state index in [1.165, 1.54) is 0 Å². The smallest absolute Gasteiger partial charge is 0.306 e. The second-order valence-electron chi connectivity index (χ2n) is 5.75. The standard InChI is InChI=1S/C16H20N2O3/c17-9-12-2-1-3-13(8-12)10-18-11-16(21)6-4-14(5-7-16)15(19)20/h1-3,8,14,18,21H,4-7,10-11H2,(H,19,20). The number of nitrogens with zero attached hydrogens (tertiary/aromatic N) is 1. The Kier molecular flexibility index (Phi) is 4.94. The van der Waals surface area contributed by atoms with Gasteiger partial charge < -0.3 is 15.5 Å². The maximum absolute atomic E-state index is 10.9. The number of nitrogens with one attached hydrogen (secondary N) is 1. The molecule has 0 radical (unpaired) electrons. The highest BCUT2D eigenvalue weighted by Crippen LogP contribution is 2.31. The quantitative estimate of drug-likeness (QED) is 0.766. The van der Waals surface area contributed by atoms with Gasteiger partial charge in [-0.25, -0.2) is 0 Å². The second kappa shape index (κ2) is 6.70. The molecule has 3 N–H and O–H groups in total. The fraction of sp³-hybridized carbons (Fsp3) is 0.500. The Morgan fingerprint density at radius 2 is 2.14 bits per heavy atom. The molecule has 0 saturated heterocycles. The van der Waals surface area contributed by atoms with E-state index in [1.807, 2.05) is 18.2 Å². The molecule has 0 aromatic heterocycles. The first-order chi connectivity index (χ1) is 10.0. The molecule has 0 aliphatic heterocycles. The number of carboxylic acid groups (broad SMARTS) is 1. The molecule has 5 nitrogen and oxygen atoms in total. The van der Waals surface area contributed by atoms with E-state index >= 15 is 0 Å². The molecule has 5 heteroatoms. The van der Waals surface area contributed by atoms with E-state index in [0.29, 0.717) is 44.3 Å². The number of carboxylic acids is 1. The molecule has 0 bridgehead atoms. The van der Waals surface area contributed by atoms with E-state index in [1.54, 1.807) is 6.07 Å². The zero-order valence-electron chi connectivity index (χ0n) is 11.9. The minimum absolute atomic E-state index is 0.322. The van der Waals surface area contributed by atoms with Crippen LogP contribution < -0.4 is 5.32 Å². The zero-order valence-corrected chi connectivity index (χ0v) is 11.9. The summed E-state index contributed by atoms with van der Waals surface area (Å²) < 4.78 is 0. The molecule has 1 fully saturated rings. The maximum Gasteiger partial charge on any atom is 0.306 e. The molecular formula is C16H20N2O3. The fourth-order valence-electron chi connectivity index (χ4n) is 2.77. The summed E-state index contributed by atoms with van der Waals surface area (Å²) >= 11 is 0. The Labute approximate surface area is 124 Å². The minimum Gasteiger partial charge on any atom is -0.481 e. The maximum atomic E-state index is 10.9. The van der Waals surface area contributed by atoms with Crippen molar-refractivity contribution in [3.05, 3.63) is 35.4 Å². The van der Waals surface area contributed by atoms with Crippen LogP contribution >= 0.6 is 0 Å². The van der Waals surface area contributed by atoms with Crippen LogP contribution in [0.5, 0.6) is 0 Å². The third-order valence-electron chi connectivity index (χ3n) is 4.10. The molecule has 0 heterocycles. The van der Waals surface area contributed by atoms with Gasteiger partial charge in [-0.05, 0) is 43.4 Å². The number of hydrogen-bond donors (Lipinski definition) is 3. The van der Waals surface area contributed by atoms with Gasteiger partial charge >= 0.3 is 5.97 Å². The minimum atomic E-state index is -0.821. The van der Waals surface area contributed by atoms with Gasteiger partial charge in [0.1, 0.15) is 0 Å². The second-order valence-corrected chi connectivity index (χ2v) is 5.75. The summed E-state index contributed by atoms with van der Waals surface area (Å²) in [4.78, 5) is 10.9. The van der Waals surface area contributed by atoms with Crippen molar-refractivity contribution in [1.29, 1.82) is 5.26 Å². The van der Waals surface area contributed by atoms with Crippen LogP contribution in [0.15, 0.2) is 24.3 Å². The Balaban J connectivity index is 1.80. The van der Waals surface area contributed by atoms with E-state index in [-0.39, 0.29) is 5.92 Å². The average molecular weight is 288 g/mol. The van der Waals surface area contributed by atoms with Gasteiger partial charge in [0.2, 0.25) is 0 Å². The highest BCUT2D eigenvalue weighted by atomic mass is 16.4. The van der Waals surface area contributed by atoms with Gasteiger partial charge in [-0.3, -0.25) is 4.79 Å². The van der Waals surface area contributed by atoms with E-state index in [2.05, 4.69) is 11.4 Å². The van der Waals surface area contributed by atoms with Gasteiger partial charge in [0.15, 0.2) is 0 Å². The van der Waals surface area contributed by atoms with Crippen LogP contribution in [0, 0.1) is 17.2 Å². The molecule has 1 aromatic rings. The van der Waals surface area contributed by atoms with Crippen molar-refractivity contribution in [1.82, 2.24) is 5.32 Å². The number of rotatable bonds is 5. The summed E-state index contributed by atoms with van der Waals surface area (Å²) in [5.41, 5.74) is 0.797. The first kappa shape index (κ1) is 15.5. The Morgan fingerprint density at radius 3 is 2.76 bits per heavy atom. The van der Waals surface area contributed by atoms with Crippen LogP contribution in [0.1, 0.15) is 36.8 Å². The van der Waals surface area contributed by atoms with Crippen molar-refractivity contribution in [3.8, 4) is 6.07 Å². The van der Waals surface area contributed by atoms with Crippen molar-refractivity contribution < 1.29 is 15.0 Å². The zero-order chi connectivity index (χ0) is 15.3. The van der Waals surface area contributed by atoms with Crippen LogP contribution in [-0.4, -0.2) is 28.3 Å². The van der Waals surface area contributed by atoms with Crippen LogP contribution in [0.2, 0.25) is 0 Å². The molecule has 0 unspecified atom stereocenters. The average Bonchev–Trinajstić information content (AvgIpc) is 2.48. The molecule has 1 aromatic carbocycles. The normalized spacial score (nSPS) is 25.2. The third-order valence-corrected chi connectivity index (χ3v) is 4.10. The molecule has 0 atom stereocenters. The Bertz CT molecular complexity index is 543. The van der Waals surface area contributed by atoms with E-state index in [4.69, 9.17) is 10.4 Å². The van der Waals surface area contributed by atoms with Crippen molar-refractivity contribution in [2.45, 2.75) is 37.8 Å². The lowest BCUT2D eigenvalue weighted by molar-refractivity contribution is -0.144. The van der Waals surface area contributed by atoms with E-state index < -0.39 is 11.6 Å². The van der Waals surface area contributed by atoms with Gasteiger partial charge in [0.05, 0.1) is 23.2 Å². The van der Waals surface area contributed by atoms with Crippen LogP contribution in [-0.2, 0) is 11.3 Å². The lowest BCUT2D eigenvalue weighted by atomic mass is 9.79. The predicted molar refractivity (Wildman–Crippen MR) is 77.4 cm³/mol. The summed E-state index contributed by atoms with van der Waals surface area (Å²) in [6.07, 6.45) is 2.07. The summed E-state index contributed by atoms with van der Waals surface area (Å²) in [6.45, 7) is 1.02. The molecule has 112 valence electrons. The number of aliphatic hydroxyl groups is 1. The monoisotopic (exact) mass is 288 g/mol. The molecule has 1 saturated carbocycles. The molecule has 0 amide bonds. The van der Waals surface area contributed by atoms with Crippen LogP contribution in [0.3, 0.4) is 0 Å². The largest absolute Gasteiger partial charge is 0.481 e. The number of hydrogen-bond acceptors (Lipinski definition) is 4. The number of carbonyl (C=O) groups is 1. The first-order valence-corrected chi connectivity index (χ1v) is 7.17. The fourth-order valence-corrected chi connectivity index (χ4v) is 2.77. The van der Waals surface area contributed by atoms with Crippen molar-refractivity contribution in [2.75, 3.05) is 6.54 Å². The highest BCUT2D eigenvalue weighted by Gasteiger charge is 2.35. The van der Waals surface area contributed by atoms with Gasteiger partial charge in [-0.15, -0.1) is 0 Å². The molecule has 1 aliphatic rings. The van der Waals surface area contributed by atoms with Gasteiger partial charge in [0.25, 0.3) is 0 Å². The highest BCUT2D eigenvalue weighted by molar-refractivity contribution is 5.70. The molecule has 21 heavy (non-hydrogen) atoms. The van der Waals surface area contributed by atoms with Crippen LogP contribution in [0.4, 0.5) is 0 Å². The number of aliphatic carboxylic acids is 1. The summed E-state index contributed by atoms with van der Waals surface area (Å²) in [5, 5.41) is 31.4. The SMILES string of the molecule is N#Cc1cccc(CNCC2(O)CCC(C(=O)O)CC2)c1. The molecule has 2 rings (SSSR count). The summed E-state index contributed by atoms with van der Waals surface area (Å²) in [7, 11) is 0. The predicted octanol–water partition coefficient (Wildman–Crippen LogP) is 1.65. The number of nitriles is 1.